The first-order valence-corrected chi connectivity index (χ1v) is 5.25. The van der Waals surface area contributed by atoms with Gasteiger partial charge in [-0.3, -0.25) is 0 Å². The van der Waals surface area contributed by atoms with Gasteiger partial charge in [-0.1, -0.05) is 17.7 Å². The number of hydrogen-bond donors (Lipinski definition) is 0. The molecule has 15 heavy (non-hydrogen) atoms. The largest absolute Gasteiger partial charge is 0.365 e. The standard InChI is InChI=1S/C11H12ClF2N/c1-8-2-3-9(6-10(8)12)15-5-4-11(13,14)7-15/h2-3,6H,4-5,7H2,1H3. The molecule has 0 amide bonds. The van der Waals surface area contributed by atoms with E-state index in [9.17, 15) is 8.78 Å². The van der Waals surface area contributed by atoms with Gasteiger partial charge in [-0.2, -0.15) is 0 Å². The Bertz CT molecular complexity index is 379. The summed E-state index contributed by atoms with van der Waals surface area (Å²) < 4.78 is 26.0. The Balaban J connectivity index is 2.21. The second kappa shape index (κ2) is 3.63. The summed E-state index contributed by atoms with van der Waals surface area (Å²) in [5, 5.41) is 0.628. The van der Waals surface area contributed by atoms with Gasteiger partial charge in [0.1, 0.15) is 0 Å². The van der Waals surface area contributed by atoms with E-state index in [4.69, 9.17) is 11.6 Å². The molecule has 0 aliphatic carbocycles. The van der Waals surface area contributed by atoms with E-state index in [1.54, 1.807) is 11.0 Å². The number of nitrogens with zero attached hydrogens (tertiary/aromatic N) is 1. The van der Waals surface area contributed by atoms with Crippen LogP contribution in [0.4, 0.5) is 14.5 Å². The lowest BCUT2D eigenvalue weighted by molar-refractivity contribution is 0.0257. The van der Waals surface area contributed by atoms with Crippen LogP contribution in [0.25, 0.3) is 0 Å². The van der Waals surface area contributed by atoms with Gasteiger partial charge in [0, 0.05) is 23.7 Å². The van der Waals surface area contributed by atoms with Crippen LogP contribution in [0, 0.1) is 6.92 Å². The van der Waals surface area contributed by atoms with Crippen molar-refractivity contribution in [3.05, 3.63) is 28.8 Å². The lowest BCUT2D eigenvalue weighted by Gasteiger charge is -2.18. The van der Waals surface area contributed by atoms with Crippen LogP contribution in [-0.2, 0) is 0 Å². The zero-order chi connectivity index (χ0) is 11.1. The Morgan fingerprint density at radius 2 is 2.13 bits per heavy atom. The first-order valence-electron chi connectivity index (χ1n) is 4.87. The van der Waals surface area contributed by atoms with Crippen LogP contribution in [0.2, 0.25) is 5.02 Å². The average molecular weight is 232 g/mol. The van der Waals surface area contributed by atoms with E-state index in [0.29, 0.717) is 11.6 Å². The molecule has 0 saturated carbocycles. The molecule has 1 aliphatic heterocycles. The third-order valence-corrected chi connectivity index (χ3v) is 3.10. The molecule has 1 aliphatic rings. The van der Waals surface area contributed by atoms with Gasteiger partial charge in [-0.15, -0.1) is 0 Å². The van der Waals surface area contributed by atoms with E-state index in [1.165, 1.54) is 0 Å². The number of aryl methyl sites for hydroxylation is 1. The number of rotatable bonds is 1. The number of benzene rings is 1. The van der Waals surface area contributed by atoms with E-state index in [-0.39, 0.29) is 13.0 Å². The molecule has 1 fully saturated rings. The smallest absolute Gasteiger partial charge is 0.266 e. The van der Waals surface area contributed by atoms with Crippen molar-refractivity contribution >= 4 is 17.3 Å². The molecule has 2 rings (SSSR count). The highest BCUT2D eigenvalue weighted by atomic mass is 35.5. The minimum absolute atomic E-state index is 0.0709. The monoisotopic (exact) mass is 231 g/mol. The van der Waals surface area contributed by atoms with Gasteiger partial charge in [0.2, 0.25) is 0 Å². The maximum absolute atomic E-state index is 13.0. The fraction of sp³-hybridized carbons (Fsp3) is 0.455. The van der Waals surface area contributed by atoms with Crippen molar-refractivity contribution in [3.8, 4) is 0 Å². The summed E-state index contributed by atoms with van der Waals surface area (Å²) in [6.07, 6.45) is -0.0709. The summed E-state index contributed by atoms with van der Waals surface area (Å²) in [5.74, 6) is -2.56. The van der Waals surface area contributed by atoms with Crippen molar-refractivity contribution in [1.29, 1.82) is 0 Å². The highest BCUT2D eigenvalue weighted by Gasteiger charge is 2.38. The Kier molecular flexibility index (Phi) is 2.59. The minimum atomic E-state index is -2.56. The Morgan fingerprint density at radius 1 is 1.40 bits per heavy atom. The molecule has 82 valence electrons. The highest BCUT2D eigenvalue weighted by molar-refractivity contribution is 6.31. The SMILES string of the molecule is Cc1ccc(N2CCC(F)(F)C2)cc1Cl. The molecular weight excluding hydrogens is 220 g/mol. The zero-order valence-corrected chi connectivity index (χ0v) is 9.19. The van der Waals surface area contributed by atoms with E-state index in [2.05, 4.69) is 0 Å². The van der Waals surface area contributed by atoms with Crippen molar-refractivity contribution in [1.82, 2.24) is 0 Å². The summed E-state index contributed by atoms with van der Waals surface area (Å²) in [6.45, 7) is 2.09. The molecule has 1 aromatic rings. The quantitative estimate of drug-likeness (QED) is 0.715. The Hall–Kier alpha value is -0.830. The second-order valence-corrected chi connectivity index (χ2v) is 4.37. The summed E-state index contributed by atoms with van der Waals surface area (Å²) in [7, 11) is 0. The molecule has 0 unspecified atom stereocenters. The van der Waals surface area contributed by atoms with Gasteiger partial charge in [0.15, 0.2) is 0 Å². The maximum atomic E-state index is 13.0. The van der Waals surface area contributed by atoms with Crippen molar-refractivity contribution in [3.63, 3.8) is 0 Å². The predicted octanol–water partition coefficient (Wildman–Crippen LogP) is 3.49. The molecule has 0 aromatic heterocycles. The van der Waals surface area contributed by atoms with Gasteiger partial charge < -0.3 is 4.90 Å². The number of anilines is 1. The molecule has 1 aromatic carbocycles. The van der Waals surface area contributed by atoms with Gasteiger partial charge in [0.05, 0.1) is 6.54 Å². The van der Waals surface area contributed by atoms with Gasteiger partial charge in [0.25, 0.3) is 5.92 Å². The summed E-state index contributed by atoms with van der Waals surface area (Å²) in [4.78, 5) is 1.67. The van der Waals surface area contributed by atoms with Crippen molar-refractivity contribution in [2.75, 3.05) is 18.0 Å². The molecule has 0 radical (unpaired) electrons. The first-order chi connectivity index (χ1) is 6.98. The van der Waals surface area contributed by atoms with Gasteiger partial charge in [-0.05, 0) is 24.6 Å². The number of hydrogen-bond acceptors (Lipinski definition) is 1. The third kappa shape index (κ3) is 2.23. The fourth-order valence-electron chi connectivity index (χ4n) is 1.73. The second-order valence-electron chi connectivity index (χ2n) is 3.96. The van der Waals surface area contributed by atoms with E-state index >= 15 is 0 Å². The normalized spacial score (nSPS) is 19.6. The molecule has 0 N–H and O–H groups in total. The van der Waals surface area contributed by atoms with E-state index in [0.717, 1.165) is 11.3 Å². The summed E-state index contributed by atoms with van der Waals surface area (Å²) >= 11 is 5.95. The van der Waals surface area contributed by atoms with Crippen molar-refractivity contribution in [2.24, 2.45) is 0 Å². The van der Waals surface area contributed by atoms with E-state index < -0.39 is 5.92 Å². The lowest BCUT2D eigenvalue weighted by atomic mass is 10.2. The topological polar surface area (TPSA) is 3.24 Å². The Labute approximate surface area is 92.6 Å². The molecule has 0 bridgehead atoms. The van der Waals surface area contributed by atoms with E-state index in [1.807, 2.05) is 19.1 Å². The molecule has 0 spiro atoms. The molecule has 0 atom stereocenters. The third-order valence-electron chi connectivity index (χ3n) is 2.69. The van der Waals surface area contributed by atoms with Crippen LogP contribution in [0.3, 0.4) is 0 Å². The lowest BCUT2D eigenvalue weighted by Crippen LogP contribution is -2.24. The van der Waals surface area contributed by atoms with Crippen LogP contribution in [-0.4, -0.2) is 19.0 Å². The van der Waals surface area contributed by atoms with Crippen LogP contribution in [0.1, 0.15) is 12.0 Å². The van der Waals surface area contributed by atoms with Crippen LogP contribution < -0.4 is 4.90 Å². The molecule has 1 nitrogen and oxygen atoms in total. The van der Waals surface area contributed by atoms with Crippen LogP contribution in [0.15, 0.2) is 18.2 Å². The minimum Gasteiger partial charge on any atom is -0.365 e. The zero-order valence-electron chi connectivity index (χ0n) is 8.43. The molecule has 1 heterocycles. The maximum Gasteiger partial charge on any atom is 0.266 e. The van der Waals surface area contributed by atoms with Gasteiger partial charge in [-0.25, -0.2) is 8.78 Å². The van der Waals surface area contributed by atoms with Crippen LogP contribution >= 0.6 is 11.6 Å². The van der Waals surface area contributed by atoms with Gasteiger partial charge >= 0.3 is 0 Å². The fourth-order valence-corrected chi connectivity index (χ4v) is 1.91. The molecule has 4 heteroatoms. The highest BCUT2D eigenvalue weighted by Crippen LogP contribution is 2.32. The number of alkyl halides is 2. The van der Waals surface area contributed by atoms with Crippen molar-refractivity contribution < 1.29 is 8.78 Å². The first kappa shape index (κ1) is 10.7. The Morgan fingerprint density at radius 3 is 2.67 bits per heavy atom. The molecule has 1 saturated heterocycles. The molecular formula is C11H12ClF2N. The average Bonchev–Trinajstić information content (AvgIpc) is 2.51. The van der Waals surface area contributed by atoms with Crippen molar-refractivity contribution in [2.45, 2.75) is 19.3 Å². The van der Waals surface area contributed by atoms with Crippen LogP contribution in [0.5, 0.6) is 0 Å². The summed E-state index contributed by atoms with van der Waals surface area (Å²) in [6, 6.07) is 5.44. The summed E-state index contributed by atoms with van der Waals surface area (Å²) in [5.41, 5.74) is 1.74. The predicted molar refractivity (Wildman–Crippen MR) is 58.0 cm³/mol. The number of halogens is 3.